The molecule has 2 amide bonds. The number of hydrogen-bond donors (Lipinski definition) is 2. The molecule has 5 rings (SSSR count). The summed E-state index contributed by atoms with van der Waals surface area (Å²) < 4.78 is 2.00. The van der Waals surface area contributed by atoms with Gasteiger partial charge in [0.2, 0.25) is 5.91 Å². The highest BCUT2D eigenvalue weighted by atomic mass is 16.2. The Morgan fingerprint density at radius 2 is 1.85 bits per heavy atom. The van der Waals surface area contributed by atoms with Crippen LogP contribution in [0, 0.1) is 6.92 Å². The molecule has 0 saturated heterocycles. The summed E-state index contributed by atoms with van der Waals surface area (Å²) in [4.78, 5) is 33.6. The molecule has 1 aliphatic rings. The molecule has 166 valence electrons. The van der Waals surface area contributed by atoms with E-state index in [1.165, 1.54) is 0 Å². The summed E-state index contributed by atoms with van der Waals surface area (Å²) in [5.41, 5.74) is 2.33. The van der Waals surface area contributed by atoms with E-state index in [9.17, 15) is 9.59 Å². The van der Waals surface area contributed by atoms with Gasteiger partial charge in [0, 0.05) is 24.5 Å². The molecule has 0 atom stereocenters. The van der Waals surface area contributed by atoms with Crippen molar-refractivity contribution in [2.75, 3.05) is 5.32 Å². The molecule has 1 fully saturated rings. The first-order valence-electron chi connectivity index (χ1n) is 11.1. The van der Waals surface area contributed by atoms with Crippen LogP contribution in [0.5, 0.6) is 0 Å². The highest BCUT2D eigenvalue weighted by molar-refractivity contribution is 5.95. The van der Waals surface area contributed by atoms with Gasteiger partial charge in [-0.05, 0) is 47.7 Å². The smallest absolute Gasteiger partial charge is 0.270 e. The van der Waals surface area contributed by atoms with Crippen molar-refractivity contribution in [1.82, 2.24) is 19.9 Å². The van der Waals surface area contributed by atoms with Gasteiger partial charge in [-0.1, -0.05) is 48.5 Å². The van der Waals surface area contributed by atoms with Crippen molar-refractivity contribution in [3.63, 3.8) is 0 Å². The molecular formula is C26H25N5O2. The van der Waals surface area contributed by atoms with Gasteiger partial charge in [0.05, 0.1) is 12.7 Å². The fraction of sp³-hybridized carbons (Fsp3) is 0.231. The van der Waals surface area contributed by atoms with Gasteiger partial charge in [-0.15, -0.1) is 0 Å². The van der Waals surface area contributed by atoms with Crippen molar-refractivity contribution in [1.29, 1.82) is 0 Å². The third-order valence-corrected chi connectivity index (χ3v) is 6.19. The lowest BCUT2D eigenvalue weighted by Gasteiger charge is -2.36. The van der Waals surface area contributed by atoms with Gasteiger partial charge < -0.3 is 15.2 Å². The lowest BCUT2D eigenvalue weighted by atomic mass is 9.86. The number of aryl methyl sites for hydroxylation is 1. The van der Waals surface area contributed by atoms with Crippen LogP contribution < -0.4 is 10.6 Å². The Bertz CT molecular complexity index is 1320. The van der Waals surface area contributed by atoms with Crippen LogP contribution >= 0.6 is 0 Å². The number of rotatable bonds is 6. The Kier molecular flexibility index (Phi) is 5.60. The monoisotopic (exact) mass is 439 g/mol. The third kappa shape index (κ3) is 4.48. The van der Waals surface area contributed by atoms with Crippen molar-refractivity contribution < 1.29 is 9.59 Å². The van der Waals surface area contributed by atoms with Crippen LogP contribution in [0.25, 0.3) is 10.8 Å². The molecule has 7 heteroatoms. The zero-order valence-corrected chi connectivity index (χ0v) is 18.4. The Labute approximate surface area is 191 Å². The Hall–Kier alpha value is -4.00. The standard InChI is InChI=1S/C26H25N5O2/c1-17-6-5-11-27-25(17)26(33)29-20-13-21(14-20)31-15-23(28-16-31)30-24(32)12-19-9-4-8-18-7-2-3-10-22(18)19/h2-11,15-16,20-21H,12-14H2,1H3,(H,29,33)(H,30,32). The molecule has 0 unspecified atom stereocenters. The minimum atomic E-state index is -0.136. The van der Waals surface area contributed by atoms with Crippen molar-refractivity contribution in [3.05, 3.63) is 90.1 Å². The van der Waals surface area contributed by atoms with E-state index in [0.29, 0.717) is 17.9 Å². The molecule has 0 bridgehead atoms. The lowest BCUT2D eigenvalue weighted by Crippen LogP contribution is -2.45. The third-order valence-electron chi connectivity index (χ3n) is 6.19. The molecule has 2 N–H and O–H groups in total. The first-order chi connectivity index (χ1) is 16.1. The fourth-order valence-corrected chi connectivity index (χ4v) is 4.33. The molecule has 7 nitrogen and oxygen atoms in total. The lowest BCUT2D eigenvalue weighted by molar-refractivity contribution is -0.115. The van der Waals surface area contributed by atoms with Crippen molar-refractivity contribution >= 4 is 28.4 Å². The second kappa shape index (κ2) is 8.86. The Morgan fingerprint density at radius 3 is 2.70 bits per heavy atom. The zero-order valence-electron chi connectivity index (χ0n) is 18.4. The van der Waals surface area contributed by atoms with Crippen LogP contribution in [-0.4, -0.2) is 32.4 Å². The van der Waals surface area contributed by atoms with Crippen molar-refractivity contribution in [2.24, 2.45) is 0 Å². The number of amides is 2. The second-order valence-corrected chi connectivity index (χ2v) is 8.53. The zero-order chi connectivity index (χ0) is 22.8. The fourth-order valence-electron chi connectivity index (χ4n) is 4.33. The number of fused-ring (bicyclic) bond motifs is 1. The van der Waals surface area contributed by atoms with Crippen LogP contribution in [0.4, 0.5) is 5.82 Å². The van der Waals surface area contributed by atoms with Gasteiger partial charge in [0.15, 0.2) is 5.82 Å². The number of nitrogens with zero attached hydrogens (tertiary/aromatic N) is 3. The molecule has 2 aromatic heterocycles. The topological polar surface area (TPSA) is 88.9 Å². The molecule has 4 aromatic rings. The van der Waals surface area contributed by atoms with Gasteiger partial charge in [-0.3, -0.25) is 14.6 Å². The largest absolute Gasteiger partial charge is 0.348 e. The molecule has 2 heterocycles. The quantitative estimate of drug-likeness (QED) is 0.474. The average Bonchev–Trinajstić information content (AvgIpc) is 3.24. The molecule has 33 heavy (non-hydrogen) atoms. The second-order valence-electron chi connectivity index (χ2n) is 8.53. The maximum atomic E-state index is 12.6. The number of carbonyl (C=O) groups is 2. The van der Waals surface area contributed by atoms with Crippen molar-refractivity contribution in [2.45, 2.75) is 38.3 Å². The number of carbonyl (C=O) groups excluding carboxylic acids is 2. The van der Waals surface area contributed by atoms with Gasteiger partial charge in [-0.2, -0.15) is 0 Å². The summed E-state index contributed by atoms with van der Waals surface area (Å²) in [7, 11) is 0. The number of benzene rings is 2. The van der Waals surface area contributed by atoms with Gasteiger partial charge >= 0.3 is 0 Å². The molecule has 0 radical (unpaired) electrons. The number of anilines is 1. The maximum absolute atomic E-state index is 12.6. The average molecular weight is 440 g/mol. The van der Waals surface area contributed by atoms with Crippen LogP contribution in [0.2, 0.25) is 0 Å². The highest BCUT2D eigenvalue weighted by Gasteiger charge is 2.32. The molecule has 0 aliphatic heterocycles. The number of imidazole rings is 1. The van der Waals surface area contributed by atoms with Crippen LogP contribution in [0.15, 0.2) is 73.3 Å². The van der Waals surface area contributed by atoms with E-state index in [0.717, 1.165) is 34.7 Å². The molecule has 0 spiro atoms. The molecular weight excluding hydrogens is 414 g/mol. The SMILES string of the molecule is Cc1cccnc1C(=O)NC1CC(n2cnc(NC(=O)Cc3cccc4ccccc34)c2)C1. The van der Waals surface area contributed by atoms with E-state index in [2.05, 4.69) is 20.6 Å². The summed E-state index contributed by atoms with van der Waals surface area (Å²) in [5.74, 6) is 0.307. The predicted molar refractivity (Wildman–Crippen MR) is 127 cm³/mol. The van der Waals surface area contributed by atoms with E-state index in [1.807, 2.05) is 72.3 Å². The van der Waals surface area contributed by atoms with E-state index >= 15 is 0 Å². The van der Waals surface area contributed by atoms with E-state index in [-0.39, 0.29) is 23.9 Å². The minimum absolute atomic E-state index is 0.0962. The molecule has 1 saturated carbocycles. The molecule has 2 aromatic carbocycles. The summed E-state index contributed by atoms with van der Waals surface area (Å²) in [5, 5.41) is 8.16. The van der Waals surface area contributed by atoms with Crippen LogP contribution in [0.3, 0.4) is 0 Å². The van der Waals surface area contributed by atoms with Crippen LogP contribution in [0.1, 0.15) is 40.5 Å². The first-order valence-corrected chi connectivity index (χ1v) is 11.1. The number of pyridine rings is 1. The van der Waals surface area contributed by atoms with Gasteiger partial charge in [0.1, 0.15) is 5.69 Å². The maximum Gasteiger partial charge on any atom is 0.270 e. The number of aromatic nitrogens is 3. The molecule has 1 aliphatic carbocycles. The van der Waals surface area contributed by atoms with E-state index in [1.54, 1.807) is 12.5 Å². The van der Waals surface area contributed by atoms with E-state index in [4.69, 9.17) is 0 Å². The van der Waals surface area contributed by atoms with Gasteiger partial charge in [-0.25, -0.2) is 4.98 Å². The Balaban J connectivity index is 1.15. The minimum Gasteiger partial charge on any atom is -0.348 e. The van der Waals surface area contributed by atoms with E-state index < -0.39 is 0 Å². The van der Waals surface area contributed by atoms with Crippen LogP contribution in [-0.2, 0) is 11.2 Å². The number of hydrogen-bond acceptors (Lipinski definition) is 4. The van der Waals surface area contributed by atoms with Gasteiger partial charge in [0.25, 0.3) is 5.91 Å². The number of nitrogens with one attached hydrogen (secondary N) is 2. The highest BCUT2D eigenvalue weighted by Crippen LogP contribution is 2.33. The Morgan fingerprint density at radius 1 is 1.03 bits per heavy atom. The summed E-state index contributed by atoms with van der Waals surface area (Å²) in [6, 6.07) is 18.1. The van der Waals surface area contributed by atoms with Crippen molar-refractivity contribution in [3.8, 4) is 0 Å². The predicted octanol–water partition coefficient (Wildman–Crippen LogP) is 4.05. The normalized spacial score (nSPS) is 17.4. The summed E-state index contributed by atoms with van der Waals surface area (Å²) in [6.45, 7) is 1.88. The summed E-state index contributed by atoms with van der Waals surface area (Å²) >= 11 is 0. The summed E-state index contributed by atoms with van der Waals surface area (Å²) in [6.07, 6.45) is 7.15. The first kappa shape index (κ1) is 20.9.